The van der Waals surface area contributed by atoms with Crippen molar-refractivity contribution in [2.45, 2.75) is 38.3 Å². The van der Waals surface area contributed by atoms with Crippen LogP contribution in [0.2, 0.25) is 3.72 Å². The van der Waals surface area contributed by atoms with Crippen LogP contribution < -0.4 is 3.32 Å². The Balaban J connectivity index is 2.09. The topological polar surface area (TPSA) is 9.23 Å². The minimum absolute atomic E-state index is 0.381. The van der Waals surface area contributed by atoms with E-state index in [-0.39, 0.29) is 3.72 Å². The number of hydrogen-bond acceptors (Lipinski definition) is 1. The molecule has 0 aliphatic heterocycles. The van der Waals surface area contributed by atoms with E-state index in [0.717, 1.165) is 16.5 Å². The van der Waals surface area contributed by atoms with Crippen LogP contribution in [0.25, 0.3) is 10.8 Å². The minimum atomic E-state index is -3.74. The van der Waals surface area contributed by atoms with Crippen LogP contribution in [0.1, 0.15) is 34.6 Å². The fourth-order valence-electron chi connectivity index (χ4n) is 3.56. The third-order valence-corrected chi connectivity index (χ3v) is 13.2. The molecule has 2 aromatic rings. The molecule has 0 saturated heterocycles. The molecule has 0 radical (unpaired) electrons. The maximum absolute atomic E-state index is 7.00. The third-order valence-electron chi connectivity index (χ3n) is 5.76. The van der Waals surface area contributed by atoms with Gasteiger partial charge >= 0.3 is 156 Å². The molecule has 0 bridgehead atoms. The number of benzene rings is 2. The Kier molecular flexibility index (Phi) is 4.68. The van der Waals surface area contributed by atoms with Crippen molar-refractivity contribution in [3.63, 3.8) is 0 Å². The predicted octanol–water partition coefficient (Wildman–Crippen LogP) is 7.46. The second-order valence-electron chi connectivity index (χ2n) is 6.72. The Morgan fingerprint density at radius 2 is 1.38 bits per heavy atom. The van der Waals surface area contributed by atoms with Gasteiger partial charge in [0.1, 0.15) is 0 Å². The van der Waals surface area contributed by atoms with Crippen molar-refractivity contribution >= 4 is 29.4 Å². The summed E-state index contributed by atoms with van der Waals surface area (Å²) in [4.78, 5) is 0. The van der Waals surface area contributed by atoms with Crippen molar-refractivity contribution in [3.05, 3.63) is 64.8 Å². The number of rotatable bonds is 3. The van der Waals surface area contributed by atoms with Crippen LogP contribution in [0, 0.1) is 0 Å². The first-order chi connectivity index (χ1) is 11.2. The molecule has 0 atom stereocenters. The summed E-state index contributed by atoms with van der Waals surface area (Å²) in [6, 6.07) is 14.2. The van der Waals surface area contributed by atoms with Crippen LogP contribution in [-0.4, -0.2) is 0 Å². The van der Waals surface area contributed by atoms with Crippen LogP contribution in [0.3, 0.4) is 0 Å². The van der Waals surface area contributed by atoms with Crippen LogP contribution >= 0.6 is 18.6 Å². The first kappa shape index (κ1) is 18.1. The van der Waals surface area contributed by atoms with E-state index in [1.54, 1.807) is 0 Å². The Morgan fingerprint density at radius 3 is 2.00 bits per heavy atom. The summed E-state index contributed by atoms with van der Waals surface area (Å²) in [6.45, 7) is 10.7. The Labute approximate surface area is 155 Å². The van der Waals surface area contributed by atoms with E-state index in [4.69, 9.17) is 21.9 Å². The van der Waals surface area contributed by atoms with E-state index in [1.807, 2.05) is 24.3 Å². The van der Waals surface area contributed by atoms with Gasteiger partial charge in [-0.1, -0.05) is 0 Å². The summed E-state index contributed by atoms with van der Waals surface area (Å²) < 4.78 is 6.01. The van der Waals surface area contributed by atoms with Gasteiger partial charge < -0.3 is 0 Å². The van der Waals surface area contributed by atoms with Gasteiger partial charge in [0, 0.05) is 0 Å². The molecule has 0 heterocycles. The third kappa shape index (κ3) is 2.58. The molecule has 126 valence electrons. The van der Waals surface area contributed by atoms with Crippen molar-refractivity contribution in [2.24, 2.45) is 0 Å². The number of allylic oxidation sites excluding steroid dienone is 4. The van der Waals surface area contributed by atoms with Gasteiger partial charge in [0.15, 0.2) is 0 Å². The predicted molar refractivity (Wildman–Crippen MR) is 101 cm³/mol. The molecular weight excluding hydrogens is 375 g/mol. The summed E-state index contributed by atoms with van der Waals surface area (Å²) in [6.07, 6.45) is 0. The fraction of sp³-hybridized carbons (Fsp3) is 0.300. The van der Waals surface area contributed by atoms with Gasteiger partial charge in [-0.2, -0.15) is 0 Å². The molecule has 1 nitrogen and oxygen atoms in total. The molecule has 0 fully saturated rings. The molecule has 3 rings (SSSR count). The van der Waals surface area contributed by atoms with Gasteiger partial charge in [0.05, 0.1) is 0 Å². The summed E-state index contributed by atoms with van der Waals surface area (Å²) in [5.74, 6) is 0.780. The van der Waals surface area contributed by atoms with E-state index >= 15 is 0 Å². The van der Waals surface area contributed by atoms with E-state index in [2.05, 4.69) is 52.8 Å². The first-order valence-corrected chi connectivity index (χ1v) is 13.8. The Hall–Kier alpha value is -0.726. The van der Waals surface area contributed by atoms with E-state index in [9.17, 15) is 0 Å². The number of halogens is 2. The summed E-state index contributed by atoms with van der Waals surface area (Å²) in [5.41, 5.74) is 5.05. The van der Waals surface area contributed by atoms with Gasteiger partial charge in [-0.05, 0) is 0 Å². The fourth-order valence-corrected chi connectivity index (χ4v) is 9.56. The molecule has 24 heavy (non-hydrogen) atoms. The zero-order valence-electron chi connectivity index (χ0n) is 14.7. The molecule has 0 N–H and O–H groups in total. The molecule has 1 aliphatic rings. The monoisotopic (exact) mass is 396 g/mol. The average Bonchev–Trinajstić information content (AvgIpc) is 2.71. The summed E-state index contributed by atoms with van der Waals surface area (Å²) >= 11 is -3.74. The number of hydrogen-bond donors (Lipinski definition) is 0. The average molecular weight is 397 g/mol. The van der Waals surface area contributed by atoms with E-state index in [1.165, 1.54) is 22.3 Å². The van der Waals surface area contributed by atoms with E-state index in [0.29, 0.717) is 0 Å². The van der Waals surface area contributed by atoms with Gasteiger partial charge in [-0.25, -0.2) is 0 Å². The molecule has 0 aromatic heterocycles. The van der Waals surface area contributed by atoms with Gasteiger partial charge in [0.2, 0.25) is 0 Å². The SMILES string of the molecule is CC1=C(C)[C](C)([Ti]([Cl])([Cl])[O]c2cccc3ccccc23)C(C)=C1C. The van der Waals surface area contributed by atoms with Crippen LogP contribution in [-0.2, 0) is 14.9 Å². The van der Waals surface area contributed by atoms with Crippen molar-refractivity contribution in [2.75, 3.05) is 0 Å². The van der Waals surface area contributed by atoms with E-state index < -0.39 is 14.9 Å². The molecule has 0 saturated carbocycles. The van der Waals surface area contributed by atoms with Crippen LogP contribution in [0.15, 0.2) is 64.8 Å². The van der Waals surface area contributed by atoms with Gasteiger partial charge in [-0.15, -0.1) is 0 Å². The van der Waals surface area contributed by atoms with Gasteiger partial charge in [0.25, 0.3) is 0 Å². The van der Waals surface area contributed by atoms with Crippen LogP contribution in [0.5, 0.6) is 5.75 Å². The second-order valence-corrected chi connectivity index (χ2v) is 15.4. The molecule has 4 heteroatoms. The zero-order valence-corrected chi connectivity index (χ0v) is 17.8. The quantitative estimate of drug-likeness (QED) is 0.489. The Morgan fingerprint density at radius 1 is 0.833 bits per heavy atom. The Bertz CT molecular complexity index is 851. The van der Waals surface area contributed by atoms with Crippen molar-refractivity contribution in [1.29, 1.82) is 0 Å². The number of fused-ring (bicyclic) bond motifs is 1. The van der Waals surface area contributed by atoms with Crippen LogP contribution in [0.4, 0.5) is 0 Å². The van der Waals surface area contributed by atoms with Crippen molar-refractivity contribution in [1.82, 2.24) is 0 Å². The maximum atomic E-state index is 7.00. The van der Waals surface area contributed by atoms with Crippen molar-refractivity contribution < 1.29 is 18.2 Å². The normalized spacial score (nSPS) is 17.8. The molecule has 1 aliphatic carbocycles. The molecule has 0 spiro atoms. The molecule has 2 aromatic carbocycles. The van der Waals surface area contributed by atoms with Gasteiger partial charge in [-0.3, -0.25) is 0 Å². The first-order valence-electron chi connectivity index (χ1n) is 8.11. The summed E-state index contributed by atoms with van der Waals surface area (Å²) in [5, 5.41) is 2.18. The second kappa shape index (κ2) is 6.22. The molecular formula is C20H22Cl2OTi. The molecule has 0 unspecified atom stereocenters. The standard InChI is InChI=1S/C10H8O.C10H15.2ClH.Ti/c11-10-7-3-5-8-4-1-2-6-9(8)10;1-6-7(2)9(4)10(5)8(6)3;;;/h1-7,11H;1-5H3;2*1H;/q;;;;+3/p-3. The zero-order chi connectivity index (χ0) is 17.7. The van der Waals surface area contributed by atoms with Crippen molar-refractivity contribution in [3.8, 4) is 5.75 Å². The summed E-state index contributed by atoms with van der Waals surface area (Å²) in [7, 11) is 14.0. The molecule has 0 amide bonds.